The second kappa shape index (κ2) is 8.10. The van der Waals surface area contributed by atoms with Crippen LogP contribution in [0.25, 0.3) is 0 Å². The van der Waals surface area contributed by atoms with E-state index in [0.717, 1.165) is 5.92 Å². The van der Waals surface area contributed by atoms with E-state index in [0.29, 0.717) is 0 Å². The van der Waals surface area contributed by atoms with Crippen molar-refractivity contribution in [2.45, 2.75) is 53.4 Å². The van der Waals surface area contributed by atoms with Crippen LogP contribution >= 0.6 is 0 Å². The van der Waals surface area contributed by atoms with Crippen molar-refractivity contribution in [1.82, 2.24) is 0 Å². The molecule has 0 bridgehead atoms. The highest BCUT2D eigenvalue weighted by molar-refractivity contribution is 5.12. The third kappa shape index (κ3) is 6.62. The van der Waals surface area contributed by atoms with Crippen molar-refractivity contribution in [2.75, 3.05) is 0 Å². The van der Waals surface area contributed by atoms with Gasteiger partial charge in [0, 0.05) is 0 Å². The molecule has 76 valence electrons. The summed E-state index contributed by atoms with van der Waals surface area (Å²) in [5.74, 6) is 0.719. The van der Waals surface area contributed by atoms with E-state index in [2.05, 4.69) is 45.9 Å². The topological polar surface area (TPSA) is 0 Å². The van der Waals surface area contributed by atoms with E-state index in [1.165, 1.54) is 25.7 Å². The van der Waals surface area contributed by atoms with Gasteiger partial charge in [0.05, 0.1) is 0 Å². The lowest BCUT2D eigenvalue weighted by atomic mass is 10.1. The molecule has 0 spiro atoms. The summed E-state index contributed by atoms with van der Waals surface area (Å²) >= 11 is 0. The molecule has 0 aliphatic heterocycles. The predicted octanol–water partition coefficient (Wildman–Crippen LogP) is 4.73. The Hall–Kier alpha value is -0.520. The molecular formula is C13H24. The van der Waals surface area contributed by atoms with E-state index in [9.17, 15) is 0 Å². The van der Waals surface area contributed by atoms with Gasteiger partial charge < -0.3 is 0 Å². The van der Waals surface area contributed by atoms with Crippen LogP contribution in [0.15, 0.2) is 23.8 Å². The molecule has 0 heterocycles. The number of hydrogen-bond donors (Lipinski definition) is 0. The van der Waals surface area contributed by atoms with Crippen LogP contribution in [0.5, 0.6) is 0 Å². The zero-order chi connectivity index (χ0) is 10.1. The minimum absolute atomic E-state index is 0.719. The van der Waals surface area contributed by atoms with Crippen molar-refractivity contribution >= 4 is 0 Å². The van der Waals surface area contributed by atoms with Crippen LogP contribution in [0.3, 0.4) is 0 Å². The van der Waals surface area contributed by atoms with Crippen LogP contribution in [0, 0.1) is 5.92 Å². The monoisotopic (exact) mass is 180 g/mol. The molecule has 0 aromatic heterocycles. The first kappa shape index (κ1) is 12.5. The Kier molecular flexibility index (Phi) is 7.77. The van der Waals surface area contributed by atoms with E-state index in [-0.39, 0.29) is 0 Å². The standard InChI is InChI=1S/C13H24/c1-5-9-13(7-3)11-8-10-12(4)6-2/h8,10-12H,5-7,9H2,1-4H3. The minimum atomic E-state index is 0.719. The van der Waals surface area contributed by atoms with Crippen LogP contribution in [0.2, 0.25) is 0 Å². The molecule has 0 saturated carbocycles. The van der Waals surface area contributed by atoms with Crippen molar-refractivity contribution in [2.24, 2.45) is 5.92 Å². The summed E-state index contributed by atoms with van der Waals surface area (Å²) in [5, 5.41) is 0. The summed E-state index contributed by atoms with van der Waals surface area (Å²) in [6.07, 6.45) is 11.8. The number of allylic oxidation sites excluding steroid dienone is 4. The van der Waals surface area contributed by atoms with Crippen LogP contribution in [0.1, 0.15) is 53.4 Å². The molecule has 0 aliphatic rings. The highest BCUT2D eigenvalue weighted by atomic mass is 14.0. The second-order valence-electron chi connectivity index (χ2n) is 3.70. The Bertz CT molecular complexity index is 163. The van der Waals surface area contributed by atoms with Gasteiger partial charge in [-0.2, -0.15) is 0 Å². The van der Waals surface area contributed by atoms with Crippen molar-refractivity contribution in [3.63, 3.8) is 0 Å². The molecule has 0 aliphatic carbocycles. The third-order valence-corrected chi connectivity index (χ3v) is 2.44. The van der Waals surface area contributed by atoms with Gasteiger partial charge in [-0.3, -0.25) is 0 Å². The summed E-state index contributed by atoms with van der Waals surface area (Å²) in [6.45, 7) is 8.96. The molecule has 0 amide bonds. The van der Waals surface area contributed by atoms with Gasteiger partial charge in [-0.25, -0.2) is 0 Å². The minimum Gasteiger partial charge on any atom is -0.0817 e. The first-order valence-electron chi connectivity index (χ1n) is 5.60. The van der Waals surface area contributed by atoms with E-state index in [1.54, 1.807) is 5.57 Å². The fourth-order valence-electron chi connectivity index (χ4n) is 1.22. The molecule has 0 fully saturated rings. The maximum absolute atomic E-state index is 2.30. The molecule has 1 unspecified atom stereocenters. The van der Waals surface area contributed by atoms with Crippen LogP contribution < -0.4 is 0 Å². The fourth-order valence-corrected chi connectivity index (χ4v) is 1.22. The van der Waals surface area contributed by atoms with Crippen LogP contribution in [0.4, 0.5) is 0 Å². The highest BCUT2D eigenvalue weighted by Crippen LogP contribution is 2.10. The molecule has 0 saturated heterocycles. The summed E-state index contributed by atoms with van der Waals surface area (Å²) in [5.41, 5.74) is 1.57. The quantitative estimate of drug-likeness (QED) is 0.519. The molecule has 0 aromatic carbocycles. The smallest absolute Gasteiger partial charge is 0.0261 e. The molecule has 13 heavy (non-hydrogen) atoms. The zero-order valence-electron chi connectivity index (χ0n) is 9.64. The lowest BCUT2D eigenvalue weighted by Crippen LogP contribution is -1.84. The molecular weight excluding hydrogens is 156 g/mol. The summed E-state index contributed by atoms with van der Waals surface area (Å²) in [4.78, 5) is 0. The van der Waals surface area contributed by atoms with Gasteiger partial charge >= 0.3 is 0 Å². The SMILES string of the molecule is CCCC(=CC=CC(C)CC)CC. The van der Waals surface area contributed by atoms with Gasteiger partial charge in [-0.05, 0) is 18.8 Å². The Morgan fingerprint density at radius 1 is 1.23 bits per heavy atom. The Morgan fingerprint density at radius 2 is 1.92 bits per heavy atom. The largest absolute Gasteiger partial charge is 0.0817 e. The van der Waals surface area contributed by atoms with Crippen LogP contribution in [-0.2, 0) is 0 Å². The van der Waals surface area contributed by atoms with Gasteiger partial charge in [0.15, 0.2) is 0 Å². The highest BCUT2D eigenvalue weighted by Gasteiger charge is 1.91. The molecule has 0 aromatic rings. The molecule has 1 atom stereocenters. The Balaban J connectivity index is 3.96. The lowest BCUT2D eigenvalue weighted by molar-refractivity contribution is 0.698. The fraction of sp³-hybridized carbons (Fsp3) is 0.692. The summed E-state index contributed by atoms with van der Waals surface area (Å²) in [6, 6.07) is 0. The maximum Gasteiger partial charge on any atom is -0.0261 e. The van der Waals surface area contributed by atoms with Gasteiger partial charge in [0.1, 0.15) is 0 Å². The molecule has 0 N–H and O–H groups in total. The second-order valence-corrected chi connectivity index (χ2v) is 3.70. The molecule has 0 nitrogen and oxygen atoms in total. The van der Waals surface area contributed by atoms with Crippen molar-refractivity contribution in [1.29, 1.82) is 0 Å². The lowest BCUT2D eigenvalue weighted by Gasteiger charge is -2.00. The van der Waals surface area contributed by atoms with Crippen molar-refractivity contribution in [3.8, 4) is 0 Å². The van der Waals surface area contributed by atoms with E-state index in [1.807, 2.05) is 0 Å². The molecule has 0 radical (unpaired) electrons. The van der Waals surface area contributed by atoms with Gasteiger partial charge in [-0.1, -0.05) is 64.3 Å². The normalized spacial score (nSPS) is 15.2. The number of hydrogen-bond acceptors (Lipinski definition) is 0. The van der Waals surface area contributed by atoms with Gasteiger partial charge in [-0.15, -0.1) is 0 Å². The molecule has 0 heteroatoms. The Labute approximate surface area is 83.7 Å². The maximum atomic E-state index is 2.30. The average Bonchev–Trinajstić information content (AvgIpc) is 2.16. The predicted molar refractivity (Wildman–Crippen MR) is 61.9 cm³/mol. The average molecular weight is 180 g/mol. The first-order valence-corrected chi connectivity index (χ1v) is 5.60. The molecule has 0 rings (SSSR count). The van der Waals surface area contributed by atoms with Crippen molar-refractivity contribution in [3.05, 3.63) is 23.8 Å². The van der Waals surface area contributed by atoms with Crippen LogP contribution in [-0.4, -0.2) is 0 Å². The number of rotatable bonds is 6. The van der Waals surface area contributed by atoms with Gasteiger partial charge in [0.2, 0.25) is 0 Å². The van der Waals surface area contributed by atoms with E-state index >= 15 is 0 Å². The summed E-state index contributed by atoms with van der Waals surface area (Å²) < 4.78 is 0. The van der Waals surface area contributed by atoms with Crippen molar-refractivity contribution < 1.29 is 0 Å². The van der Waals surface area contributed by atoms with Gasteiger partial charge in [0.25, 0.3) is 0 Å². The van der Waals surface area contributed by atoms with E-state index < -0.39 is 0 Å². The first-order chi connectivity index (χ1) is 6.24. The third-order valence-electron chi connectivity index (χ3n) is 2.44. The van der Waals surface area contributed by atoms with E-state index in [4.69, 9.17) is 0 Å². The zero-order valence-corrected chi connectivity index (χ0v) is 9.64. The summed E-state index contributed by atoms with van der Waals surface area (Å²) in [7, 11) is 0. The Morgan fingerprint density at radius 3 is 2.38 bits per heavy atom.